The molecule has 0 radical (unpaired) electrons. The maximum atomic E-state index is 10.6. The summed E-state index contributed by atoms with van der Waals surface area (Å²) in [5, 5.41) is -0.156. The van der Waals surface area contributed by atoms with E-state index in [0.29, 0.717) is 12.3 Å². The Morgan fingerprint density at radius 2 is 1.73 bits per heavy atom. The van der Waals surface area contributed by atoms with Crippen molar-refractivity contribution in [2.24, 2.45) is 5.92 Å². The van der Waals surface area contributed by atoms with Crippen molar-refractivity contribution in [1.29, 1.82) is 0 Å². The summed E-state index contributed by atoms with van der Waals surface area (Å²) in [5.74, 6) is 0.586. The molecule has 1 nitrogen and oxygen atoms in total. The zero-order valence-corrected chi connectivity index (χ0v) is 7.57. The Morgan fingerprint density at radius 3 is 2.18 bits per heavy atom. The Morgan fingerprint density at radius 1 is 1.18 bits per heavy atom. The molecule has 0 heterocycles. The maximum absolute atomic E-state index is 10.6. The Labute approximate surface area is 73.1 Å². The summed E-state index contributed by atoms with van der Waals surface area (Å²) in [4.78, 5) is 10.6. The molecule has 1 rings (SSSR count). The van der Waals surface area contributed by atoms with Crippen LogP contribution in [0.1, 0.15) is 44.9 Å². The molecule has 11 heavy (non-hydrogen) atoms. The molecule has 1 saturated carbocycles. The smallest absolute Gasteiger partial charge is 0.221 e. The summed E-state index contributed by atoms with van der Waals surface area (Å²) < 4.78 is 0. The van der Waals surface area contributed by atoms with Crippen LogP contribution in [-0.2, 0) is 4.79 Å². The molecule has 1 fully saturated rings. The highest BCUT2D eigenvalue weighted by Crippen LogP contribution is 2.25. The number of rotatable bonds is 2. The van der Waals surface area contributed by atoms with Crippen molar-refractivity contribution in [3.8, 4) is 0 Å². The molecule has 0 amide bonds. The molecule has 0 aliphatic heterocycles. The molecule has 0 bridgehead atoms. The van der Waals surface area contributed by atoms with Gasteiger partial charge in [0.1, 0.15) is 0 Å². The third-order valence-electron chi connectivity index (χ3n) is 2.42. The highest BCUT2D eigenvalue weighted by atomic mass is 35.5. The standard InChI is InChI=1S/C9H15ClO/c10-9(11)7-8-5-3-1-2-4-6-8/h8H,1-7H2. The van der Waals surface area contributed by atoms with E-state index in [2.05, 4.69) is 0 Å². The second kappa shape index (κ2) is 4.76. The molecule has 2 heteroatoms. The van der Waals surface area contributed by atoms with E-state index in [4.69, 9.17) is 11.6 Å². The fourth-order valence-electron chi connectivity index (χ4n) is 1.80. The molecule has 0 aromatic rings. The number of hydrogen-bond donors (Lipinski definition) is 0. The number of carbonyl (C=O) groups is 1. The van der Waals surface area contributed by atoms with Gasteiger partial charge in [-0.2, -0.15) is 0 Å². The average molecular weight is 175 g/mol. The van der Waals surface area contributed by atoms with Gasteiger partial charge in [-0.3, -0.25) is 4.79 Å². The largest absolute Gasteiger partial charge is 0.281 e. The summed E-state index contributed by atoms with van der Waals surface area (Å²) in [6.45, 7) is 0. The highest BCUT2D eigenvalue weighted by molar-refractivity contribution is 6.63. The zero-order valence-electron chi connectivity index (χ0n) is 6.81. The van der Waals surface area contributed by atoms with Crippen molar-refractivity contribution in [3.63, 3.8) is 0 Å². The summed E-state index contributed by atoms with van der Waals surface area (Å²) in [7, 11) is 0. The van der Waals surface area contributed by atoms with Gasteiger partial charge < -0.3 is 0 Å². The van der Waals surface area contributed by atoms with Crippen LogP contribution in [0.15, 0.2) is 0 Å². The maximum Gasteiger partial charge on any atom is 0.221 e. The summed E-state index contributed by atoms with van der Waals surface area (Å²) in [5.41, 5.74) is 0. The first kappa shape index (κ1) is 9.05. The topological polar surface area (TPSA) is 17.1 Å². The molecular weight excluding hydrogens is 160 g/mol. The minimum atomic E-state index is -0.156. The fourth-order valence-corrected chi connectivity index (χ4v) is 2.01. The predicted octanol–water partition coefficient (Wildman–Crippen LogP) is 3.11. The van der Waals surface area contributed by atoms with Crippen LogP contribution in [0.4, 0.5) is 0 Å². The van der Waals surface area contributed by atoms with Gasteiger partial charge in [-0.1, -0.05) is 25.7 Å². The summed E-state index contributed by atoms with van der Waals surface area (Å²) in [6.07, 6.45) is 8.27. The van der Waals surface area contributed by atoms with Crippen molar-refractivity contribution < 1.29 is 4.79 Å². The van der Waals surface area contributed by atoms with E-state index in [0.717, 1.165) is 0 Å². The zero-order chi connectivity index (χ0) is 8.10. The van der Waals surface area contributed by atoms with Gasteiger partial charge in [-0.05, 0) is 30.4 Å². The Kier molecular flexibility index (Phi) is 3.92. The van der Waals surface area contributed by atoms with Gasteiger partial charge in [-0.15, -0.1) is 0 Å². The Bertz CT molecular complexity index is 126. The fraction of sp³-hybridized carbons (Fsp3) is 0.889. The van der Waals surface area contributed by atoms with E-state index in [-0.39, 0.29) is 5.24 Å². The number of halogens is 1. The van der Waals surface area contributed by atoms with Gasteiger partial charge >= 0.3 is 0 Å². The summed E-state index contributed by atoms with van der Waals surface area (Å²) >= 11 is 5.33. The van der Waals surface area contributed by atoms with E-state index >= 15 is 0 Å². The van der Waals surface area contributed by atoms with Crippen LogP contribution >= 0.6 is 11.6 Å². The van der Waals surface area contributed by atoms with Crippen LogP contribution < -0.4 is 0 Å². The molecule has 0 unspecified atom stereocenters. The molecule has 1 aliphatic rings. The van der Waals surface area contributed by atoms with Crippen molar-refractivity contribution in [3.05, 3.63) is 0 Å². The SMILES string of the molecule is O=C(Cl)CC1CCCCCC1. The first-order valence-corrected chi connectivity index (χ1v) is 4.85. The van der Waals surface area contributed by atoms with Gasteiger partial charge in [0.25, 0.3) is 0 Å². The molecule has 0 aromatic heterocycles. The van der Waals surface area contributed by atoms with Crippen LogP contribution in [0.5, 0.6) is 0 Å². The molecular formula is C9H15ClO. The highest BCUT2D eigenvalue weighted by Gasteiger charge is 2.14. The number of carbonyl (C=O) groups excluding carboxylic acids is 1. The third kappa shape index (κ3) is 3.76. The van der Waals surface area contributed by atoms with Crippen LogP contribution in [0, 0.1) is 5.92 Å². The number of hydrogen-bond acceptors (Lipinski definition) is 1. The normalized spacial score (nSPS) is 21.2. The van der Waals surface area contributed by atoms with Gasteiger partial charge in [0.05, 0.1) is 0 Å². The van der Waals surface area contributed by atoms with Gasteiger partial charge in [0.15, 0.2) is 0 Å². The van der Waals surface area contributed by atoms with Crippen LogP contribution in [-0.4, -0.2) is 5.24 Å². The quantitative estimate of drug-likeness (QED) is 0.465. The molecule has 64 valence electrons. The molecule has 0 spiro atoms. The minimum Gasteiger partial charge on any atom is -0.281 e. The van der Waals surface area contributed by atoms with E-state index in [9.17, 15) is 4.79 Å². The van der Waals surface area contributed by atoms with E-state index in [1.807, 2.05) is 0 Å². The van der Waals surface area contributed by atoms with Gasteiger partial charge in [-0.25, -0.2) is 0 Å². The molecule has 1 aliphatic carbocycles. The van der Waals surface area contributed by atoms with Gasteiger partial charge in [0.2, 0.25) is 5.24 Å². The van der Waals surface area contributed by atoms with Crippen molar-refractivity contribution >= 4 is 16.8 Å². The first-order chi connectivity index (χ1) is 5.29. The van der Waals surface area contributed by atoms with Gasteiger partial charge in [0, 0.05) is 6.42 Å². The Hall–Kier alpha value is -0.0400. The Balaban J connectivity index is 2.25. The lowest BCUT2D eigenvalue weighted by molar-refractivity contribution is -0.112. The average Bonchev–Trinajstić information content (AvgIpc) is 2.14. The second-order valence-corrected chi connectivity index (χ2v) is 3.84. The lowest BCUT2D eigenvalue weighted by Gasteiger charge is -2.09. The molecule has 0 aromatic carbocycles. The first-order valence-electron chi connectivity index (χ1n) is 4.47. The van der Waals surface area contributed by atoms with Crippen molar-refractivity contribution in [1.82, 2.24) is 0 Å². The van der Waals surface area contributed by atoms with Crippen LogP contribution in [0.3, 0.4) is 0 Å². The molecule has 0 saturated heterocycles. The monoisotopic (exact) mass is 174 g/mol. The van der Waals surface area contributed by atoms with Crippen LogP contribution in [0.25, 0.3) is 0 Å². The summed E-state index contributed by atoms with van der Waals surface area (Å²) in [6, 6.07) is 0. The van der Waals surface area contributed by atoms with Crippen LogP contribution in [0.2, 0.25) is 0 Å². The van der Waals surface area contributed by atoms with Crippen molar-refractivity contribution in [2.75, 3.05) is 0 Å². The minimum absolute atomic E-state index is 0.156. The molecule has 0 N–H and O–H groups in total. The van der Waals surface area contributed by atoms with E-state index < -0.39 is 0 Å². The third-order valence-corrected chi connectivity index (χ3v) is 2.58. The molecule has 0 atom stereocenters. The van der Waals surface area contributed by atoms with Crippen molar-refractivity contribution in [2.45, 2.75) is 44.9 Å². The predicted molar refractivity (Wildman–Crippen MR) is 46.7 cm³/mol. The van der Waals surface area contributed by atoms with E-state index in [1.54, 1.807) is 0 Å². The van der Waals surface area contributed by atoms with E-state index in [1.165, 1.54) is 38.5 Å². The second-order valence-electron chi connectivity index (χ2n) is 3.42. The lowest BCUT2D eigenvalue weighted by Crippen LogP contribution is -2.02. The lowest BCUT2D eigenvalue weighted by atomic mass is 9.97.